The average molecular weight is 301 g/mol. The highest BCUT2D eigenvalue weighted by atomic mass is 19.1. The van der Waals surface area contributed by atoms with Crippen LogP contribution in [0.15, 0.2) is 24.3 Å². The second-order valence-corrected chi connectivity index (χ2v) is 5.29. The van der Waals surface area contributed by atoms with Crippen molar-refractivity contribution in [1.29, 1.82) is 0 Å². The van der Waals surface area contributed by atoms with Gasteiger partial charge in [0.2, 0.25) is 0 Å². The molecule has 2 fully saturated rings. The average Bonchev–Trinajstić information content (AvgIpc) is 2.98. The van der Waals surface area contributed by atoms with Crippen molar-refractivity contribution in [1.82, 2.24) is 0 Å². The summed E-state index contributed by atoms with van der Waals surface area (Å²) >= 11 is 0. The van der Waals surface area contributed by atoms with Gasteiger partial charge in [-0.25, -0.2) is 8.78 Å². The molecule has 2 aliphatic carbocycles. The molecule has 1 aromatic rings. The summed E-state index contributed by atoms with van der Waals surface area (Å²) in [7, 11) is 0. The lowest BCUT2D eigenvalue weighted by molar-refractivity contribution is -0.122. The summed E-state index contributed by atoms with van der Waals surface area (Å²) in [6.45, 7) is -0.0130. The van der Waals surface area contributed by atoms with Crippen molar-refractivity contribution in [3.8, 4) is 0 Å². The third kappa shape index (κ3) is 3.20. The summed E-state index contributed by atoms with van der Waals surface area (Å²) in [5.41, 5.74) is 4.93. The van der Waals surface area contributed by atoms with Crippen molar-refractivity contribution < 1.29 is 28.5 Å². The number of alkyl halides is 1. The molecule has 0 bridgehead atoms. The van der Waals surface area contributed by atoms with E-state index >= 15 is 0 Å². The molecule has 0 aliphatic heterocycles. The van der Waals surface area contributed by atoms with Gasteiger partial charge in [0.1, 0.15) is 23.8 Å². The number of hydrogen-bond donors (Lipinski definition) is 3. The van der Waals surface area contributed by atoms with Crippen molar-refractivity contribution in [3.63, 3.8) is 0 Å². The minimum Gasteiger partial charge on any atom is -0.483 e. The standard InChI is InChI=1S/C13H15F2NO2.CH2O2/c14-8-3-1-7(2-4-8)6-18-10-5-9-11(12(9)15)13(10,16)17;2-1-3/h1-4,9-12,17H,5-6,16H2;1H,(H,2,3)/t9?,10-,11+,12?,13?;/m1./s1. The SMILES string of the molecule is NC1(O)[C@@H]2C(F)C2C[C@H]1OCc1ccc(F)cc1.O=CO. The number of nitrogens with two attached hydrogens (primary N) is 1. The zero-order chi connectivity index (χ0) is 15.6. The summed E-state index contributed by atoms with van der Waals surface area (Å²) in [5, 5.41) is 16.9. The number of halogens is 2. The van der Waals surface area contributed by atoms with E-state index in [0.29, 0.717) is 6.42 Å². The Labute approximate surface area is 120 Å². The molecule has 2 aliphatic rings. The van der Waals surface area contributed by atoms with E-state index in [1.54, 1.807) is 12.1 Å². The van der Waals surface area contributed by atoms with Gasteiger partial charge in [0.25, 0.3) is 6.47 Å². The predicted octanol–water partition coefficient (Wildman–Crippen LogP) is 1.05. The summed E-state index contributed by atoms with van der Waals surface area (Å²) in [5.74, 6) is -0.967. The monoisotopic (exact) mass is 301 g/mol. The minimum absolute atomic E-state index is 0.168. The minimum atomic E-state index is -1.58. The number of carbonyl (C=O) groups is 1. The first-order chi connectivity index (χ1) is 9.91. The van der Waals surface area contributed by atoms with Crippen LogP contribution in [-0.4, -0.2) is 34.7 Å². The number of ether oxygens (including phenoxy) is 1. The molecule has 4 N–H and O–H groups in total. The summed E-state index contributed by atoms with van der Waals surface area (Å²) in [6, 6.07) is 5.91. The zero-order valence-corrected chi connectivity index (χ0v) is 11.2. The van der Waals surface area contributed by atoms with Crippen LogP contribution < -0.4 is 5.73 Å². The van der Waals surface area contributed by atoms with Gasteiger partial charge in [0.15, 0.2) is 0 Å². The van der Waals surface area contributed by atoms with Gasteiger partial charge in [-0.05, 0) is 24.1 Å². The van der Waals surface area contributed by atoms with Gasteiger partial charge in [-0.1, -0.05) is 12.1 Å². The number of aliphatic hydroxyl groups is 1. The summed E-state index contributed by atoms with van der Waals surface area (Å²) in [6.07, 6.45) is -1.10. The molecule has 116 valence electrons. The van der Waals surface area contributed by atoms with Crippen LogP contribution in [0, 0.1) is 17.7 Å². The molecule has 0 spiro atoms. The molecule has 0 heterocycles. The van der Waals surface area contributed by atoms with Crippen molar-refractivity contribution >= 4 is 6.47 Å². The molecule has 2 saturated carbocycles. The van der Waals surface area contributed by atoms with Crippen molar-refractivity contribution in [2.75, 3.05) is 0 Å². The van der Waals surface area contributed by atoms with Crippen LogP contribution in [-0.2, 0) is 16.1 Å². The van der Waals surface area contributed by atoms with Crippen LogP contribution in [0.1, 0.15) is 12.0 Å². The van der Waals surface area contributed by atoms with E-state index in [1.807, 2.05) is 0 Å². The maximum absolute atomic E-state index is 13.2. The Morgan fingerprint density at radius 2 is 2.00 bits per heavy atom. The van der Waals surface area contributed by atoms with E-state index < -0.39 is 23.9 Å². The number of fused-ring (bicyclic) bond motifs is 1. The van der Waals surface area contributed by atoms with Gasteiger partial charge in [-0.15, -0.1) is 0 Å². The third-order valence-corrected chi connectivity index (χ3v) is 3.97. The van der Waals surface area contributed by atoms with Crippen molar-refractivity contribution in [3.05, 3.63) is 35.6 Å². The lowest BCUT2D eigenvalue weighted by Crippen LogP contribution is -2.52. The van der Waals surface area contributed by atoms with Gasteiger partial charge in [0, 0.05) is 11.8 Å². The number of hydrogen-bond acceptors (Lipinski definition) is 4. The molecule has 3 unspecified atom stereocenters. The smallest absolute Gasteiger partial charge is 0.290 e. The first-order valence-electron chi connectivity index (χ1n) is 6.51. The van der Waals surface area contributed by atoms with Crippen LogP contribution in [0.3, 0.4) is 0 Å². The summed E-state index contributed by atoms with van der Waals surface area (Å²) in [4.78, 5) is 8.36. The van der Waals surface area contributed by atoms with E-state index in [2.05, 4.69) is 0 Å². The van der Waals surface area contributed by atoms with E-state index in [-0.39, 0.29) is 24.8 Å². The quantitative estimate of drug-likeness (QED) is 0.573. The Kier molecular flexibility index (Phi) is 4.55. The van der Waals surface area contributed by atoms with Crippen LogP contribution in [0.25, 0.3) is 0 Å². The molecule has 1 aromatic carbocycles. The largest absolute Gasteiger partial charge is 0.483 e. The van der Waals surface area contributed by atoms with Crippen molar-refractivity contribution in [2.45, 2.75) is 31.0 Å². The Morgan fingerprint density at radius 3 is 2.48 bits per heavy atom. The highest BCUT2D eigenvalue weighted by Crippen LogP contribution is 2.58. The Bertz CT molecular complexity index is 494. The van der Waals surface area contributed by atoms with E-state index in [1.165, 1.54) is 12.1 Å². The van der Waals surface area contributed by atoms with Crippen molar-refractivity contribution in [2.24, 2.45) is 17.6 Å². The maximum atomic E-state index is 13.2. The highest BCUT2D eigenvalue weighted by Gasteiger charge is 2.69. The third-order valence-electron chi connectivity index (χ3n) is 3.97. The molecule has 0 aromatic heterocycles. The topological polar surface area (TPSA) is 92.8 Å². The zero-order valence-electron chi connectivity index (χ0n) is 11.2. The molecule has 0 amide bonds. The molecule has 7 heteroatoms. The molecule has 5 atom stereocenters. The fourth-order valence-electron chi connectivity index (χ4n) is 2.84. The molecule has 3 rings (SSSR count). The lowest BCUT2D eigenvalue weighted by Gasteiger charge is -2.28. The van der Waals surface area contributed by atoms with Gasteiger partial charge in [-0.3, -0.25) is 4.79 Å². The van der Waals surface area contributed by atoms with Gasteiger partial charge in [0.05, 0.1) is 6.61 Å². The number of benzene rings is 1. The van der Waals surface area contributed by atoms with E-state index in [4.69, 9.17) is 20.4 Å². The van der Waals surface area contributed by atoms with Crippen LogP contribution in [0.2, 0.25) is 0 Å². The van der Waals surface area contributed by atoms with Gasteiger partial charge >= 0.3 is 0 Å². The first-order valence-corrected chi connectivity index (χ1v) is 6.51. The maximum Gasteiger partial charge on any atom is 0.290 e. The second-order valence-electron chi connectivity index (χ2n) is 5.29. The molecule has 21 heavy (non-hydrogen) atoms. The Morgan fingerprint density at radius 1 is 1.43 bits per heavy atom. The number of rotatable bonds is 3. The summed E-state index contributed by atoms with van der Waals surface area (Å²) < 4.78 is 31.4. The Balaban J connectivity index is 0.000000497. The van der Waals surface area contributed by atoms with Gasteiger partial charge in [-0.2, -0.15) is 0 Å². The normalized spacial score (nSPS) is 36.4. The highest BCUT2D eigenvalue weighted by molar-refractivity contribution is 5.32. The predicted molar refractivity (Wildman–Crippen MR) is 69.3 cm³/mol. The van der Waals surface area contributed by atoms with Crippen LogP contribution in [0.5, 0.6) is 0 Å². The molecule has 0 saturated heterocycles. The van der Waals surface area contributed by atoms with E-state index in [0.717, 1.165) is 5.56 Å². The second kappa shape index (κ2) is 6.05. The van der Waals surface area contributed by atoms with Crippen LogP contribution in [0.4, 0.5) is 8.78 Å². The molecule has 0 radical (unpaired) electrons. The fourth-order valence-corrected chi connectivity index (χ4v) is 2.84. The number of carboxylic acid groups (broad SMARTS) is 1. The van der Waals surface area contributed by atoms with Gasteiger partial charge < -0.3 is 20.7 Å². The lowest BCUT2D eigenvalue weighted by atomic mass is 10.1. The van der Waals surface area contributed by atoms with Crippen LogP contribution >= 0.6 is 0 Å². The van der Waals surface area contributed by atoms with E-state index in [9.17, 15) is 13.9 Å². The molecular weight excluding hydrogens is 284 g/mol. The first kappa shape index (κ1) is 15.8. The molecular formula is C14H17F2NO4. The Hall–Kier alpha value is -1.57. The fraction of sp³-hybridized carbons (Fsp3) is 0.500. The molecule has 5 nitrogen and oxygen atoms in total.